The first-order valence-electron chi connectivity index (χ1n) is 2.98. The second-order valence-corrected chi connectivity index (χ2v) is 2.62. The number of oxime groups is 1. The Bertz CT molecular complexity index is 209. The van der Waals surface area contributed by atoms with Gasteiger partial charge in [-0.2, -0.15) is 0 Å². The van der Waals surface area contributed by atoms with Gasteiger partial charge in [-0.1, -0.05) is 16.8 Å². The molecule has 0 amide bonds. The lowest BCUT2D eigenvalue weighted by atomic mass is 10.1. The number of rotatable bonds is 2. The van der Waals surface area contributed by atoms with Crippen LogP contribution in [0.25, 0.3) is 0 Å². The molecule has 2 atom stereocenters. The summed E-state index contributed by atoms with van der Waals surface area (Å²) >= 11 is 5.43. The number of hydrogen-bond acceptors (Lipinski definition) is 4. The second-order valence-electron chi connectivity index (χ2n) is 2.18. The summed E-state index contributed by atoms with van der Waals surface area (Å²) in [5.41, 5.74) is 5.23. The van der Waals surface area contributed by atoms with Crippen LogP contribution in [0.1, 0.15) is 6.42 Å². The van der Waals surface area contributed by atoms with Gasteiger partial charge in [-0.15, -0.1) is 12.4 Å². The molecule has 1 heterocycles. The van der Waals surface area contributed by atoms with Crippen LogP contribution in [0.15, 0.2) is 5.16 Å². The molecule has 0 saturated heterocycles. The number of nitrogens with two attached hydrogens (primary N) is 1. The van der Waals surface area contributed by atoms with Crippen LogP contribution in [0, 0.1) is 0 Å². The fraction of sp³-hybridized carbons (Fsp3) is 0.600. The maximum atomic E-state index is 10.3. The highest BCUT2D eigenvalue weighted by molar-refractivity contribution is 6.65. The molecule has 0 radical (unpaired) electrons. The summed E-state index contributed by atoms with van der Waals surface area (Å²) in [6, 6.07) is -1.06. The topological polar surface area (TPSA) is 84.9 Å². The summed E-state index contributed by atoms with van der Waals surface area (Å²) in [6.45, 7) is 0. The largest absolute Gasteiger partial charge is 0.480 e. The molecule has 7 heteroatoms. The Hall–Kier alpha value is -0.520. The van der Waals surface area contributed by atoms with Crippen molar-refractivity contribution in [2.75, 3.05) is 0 Å². The van der Waals surface area contributed by atoms with Crippen molar-refractivity contribution >= 4 is 35.1 Å². The molecule has 1 aliphatic heterocycles. The van der Waals surface area contributed by atoms with E-state index in [2.05, 4.69) is 9.99 Å². The predicted molar refractivity (Wildman–Crippen MR) is 45.6 cm³/mol. The van der Waals surface area contributed by atoms with E-state index in [1.165, 1.54) is 0 Å². The van der Waals surface area contributed by atoms with Crippen molar-refractivity contribution in [3.8, 4) is 0 Å². The zero-order valence-electron chi connectivity index (χ0n) is 5.94. The zero-order chi connectivity index (χ0) is 8.43. The first kappa shape index (κ1) is 11.5. The Morgan fingerprint density at radius 3 is 2.83 bits per heavy atom. The van der Waals surface area contributed by atoms with E-state index in [-0.39, 0.29) is 24.0 Å². The molecule has 5 nitrogen and oxygen atoms in total. The van der Waals surface area contributed by atoms with Gasteiger partial charge in [0.25, 0.3) is 0 Å². The summed E-state index contributed by atoms with van der Waals surface area (Å²) in [4.78, 5) is 14.9. The van der Waals surface area contributed by atoms with Gasteiger partial charge >= 0.3 is 5.97 Å². The molecule has 12 heavy (non-hydrogen) atoms. The molecule has 0 aliphatic carbocycles. The number of hydrogen-bond donors (Lipinski definition) is 2. The minimum Gasteiger partial charge on any atom is -0.480 e. The highest BCUT2D eigenvalue weighted by Gasteiger charge is 2.30. The second kappa shape index (κ2) is 4.49. The first-order chi connectivity index (χ1) is 5.11. The predicted octanol–water partition coefficient (Wildman–Crippen LogP) is 0.161. The SMILES string of the molecule is Cl.N[C@H](C(=O)O)[C@@H]1CC(Cl)=NO1. The lowest BCUT2D eigenvalue weighted by molar-refractivity contribution is -0.141. The molecule has 0 unspecified atom stereocenters. The first-order valence-corrected chi connectivity index (χ1v) is 3.35. The van der Waals surface area contributed by atoms with Crippen LogP contribution in [0.2, 0.25) is 0 Å². The van der Waals surface area contributed by atoms with Crippen molar-refractivity contribution in [2.45, 2.75) is 18.6 Å². The monoisotopic (exact) mass is 214 g/mol. The molecule has 0 aromatic rings. The molecule has 0 bridgehead atoms. The number of carbonyl (C=O) groups is 1. The molecule has 1 rings (SSSR count). The molecular weight excluding hydrogens is 207 g/mol. The Morgan fingerprint density at radius 2 is 2.50 bits per heavy atom. The van der Waals surface area contributed by atoms with Crippen molar-refractivity contribution in [2.24, 2.45) is 10.9 Å². The third kappa shape index (κ3) is 2.51. The van der Waals surface area contributed by atoms with E-state index in [4.69, 9.17) is 22.4 Å². The highest BCUT2D eigenvalue weighted by atomic mass is 35.5. The summed E-state index contributed by atoms with van der Waals surface area (Å²) in [5, 5.41) is 12.0. The lowest BCUT2D eigenvalue weighted by Gasteiger charge is -2.11. The van der Waals surface area contributed by atoms with Crippen molar-refractivity contribution in [3.05, 3.63) is 0 Å². The van der Waals surface area contributed by atoms with Crippen LogP contribution < -0.4 is 5.73 Å². The van der Waals surface area contributed by atoms with E-state index in [9.17, 15) is 4.79 Å². The molecule has 0 fully saturated rings. The van der Waals surface area contributed by atoms with E-state index in [1.807, 2.05) is 0 Å². The van der Waals surface area contributed by atoms with Crippen molar-refractivity contribution in [3.63, 3.8) is 0 Å². The Kier molecular flexibility index (Phi) is 4.30. The molecule has 0 spiro atoms. The molecule has 70 valence electrons. The molecule has 0 saturated carbocycles. The number of carboxylic acid groups (broad SMARTS) is 1. The lowest BCUT2D eigenvalue weighted by Crippen LogP contribution is -2.41. The summed E-state index contributed by atoms with van der Waals surface area (Å²) in [5.74, 6) is -1.11. The minimum atomic E-state index is -1.11. The maximum Gasteiger partial charge on any atom is 0.324 e. The van der Waals surface area contributed by atoms with Crippen LogP contribution in [0.4, 0.5) is 0 Å². The standard InChI is InChI=1S/C5H7ClN2O3.ClH/c6-3-1-2(11-8-3)4(7)5(9)10;/h2,4H,1,7H2,(H,9,10);1H/t2-,4-;/m0./s1. The smallest absolute Gasteiger partial charge is 0.324 e. The van der Waals surface area contributed by atoms with Crippen molar-refractivity contribution in [1.29, 1.82) is 0 Å². The third-order valence-electron chi connectivity index (χ3n) is 1.34. The van der Waals surface area contributed by atoms with Crippen LogP contribution in [0.3, 0.4) is 0 Å². The highest BCUT2D eigenvalue weighted by Crippen LogP contribution is 2.14. The molecule has 0 aromatic carbocycles. The van der Waals surface area contributed by atoms with Crippen LogP contribution >= 0.6 is 24.0 Å². The van der Waals surface area contributed by atoms with Crippen molar-refractivity contribution < 1.29 is 14.7 Å². The van der Waals surface area contributed by atoms with E-state index >= 15 is 0 Å². The fourth-order valence-electron chi connectivity index (χ4n) is 0.717. The average Bonchev–Trinajstić information content (AvgIpc) is 2.34. The van der Waals surface area contributed by atoms with E-state index in [0.29, 0.717) is 0 Å². The summed E-state index contributed by atoms with van der Waals surface area (Å²) in [6.07, 6.45) is -0.352. The number of nitrogens with zero attached hydrogens (tertiary/aromatic N) is 1. The van der Waals surface area contributed by atoms with E-state index in [1.54, 1.807) is 0 Å². The quantitative estimate of drug-likeness (QED) is 0.687. The van der Waals surface area contributed by atoms with Crippen LogP contribution in [-0.2, 0) is 9.63 Å². The number of aliphatic carboxylic acids is 1. The maximum absolute atomic E-state index is 10.3. The fourth-order valence-corrected chi connectivity index (χ4v) is 0.909. The van der Waals surface area contributed by atoms with Gasteiger partial charge in [-0.3, -0.25) is 4.79 Å². The van der Waals surface area contributed by atoms with Gasteiger partial charge in [0.05, 0.1) is 0 Å². The average molecular weight is 215 g/mol. The van der Waals surface area contributed by atoms with Crippen LogP contribution in [0.5, 0.6) is 0 Å². The van der Waals surface area contributed by atoms with Gasteiger partial charge in [0.2, 0.25) is 0 Å². The zero-order valence-corrected chi connectivity index (χ0v) is 7.51. The molecule has 3 N–H and O–H groups in total. The Morgan fingerprint density at radius 1 is 1.92 bits per heavy atom. The van der Waals surface area contributed by atoms with Crippen LogP contribution in [-0.4, -0.2) is 28.4 Å². The van der Waals surface area contributed by atoms with Gasteiger partial charge in [0.1, 0.15) is 11.2 Å². The van der Waals surface area contributed by atoms with Crippen molar-refractivity contribution in [1.82, 2.24) is 0 Å². The van der Waals surface area contributed by atoms with Gasteiger partial charge < -0.3 is 15.7 Å². The van der Waals surface area contributed by atoms with Gasteiger partial charge in [-0.25, -0.2) is 0 Å². The Balaban J connectivity index is 0.00000121. The van der Waals surface area contributed by atoms with E-state index in [0.717, 1.165) is 0 Å². The number of carboxylic acids is 1. The summed E-state index contributed by atoms with van der Waals surface area (Å²) in [7, 11) is 0. The normalized spacial score (nSPS) is 23.5. The summed E-state index contributed by atoms with van der Waals surface area (Å²) < 4.78 is 0. The van der Waals surface area contributed by atoms with Gasteiger partial charge in [0, 0.05) is 6.42 Å². The molecule has 0 aromatic heterocycles. The third-order valence-corrected chi connectivity index (χ3v) is 1.57. The number of halogens is 2. The molecule has 1 aliphatic rings. The van der Waals surface area contributed by atoms with E-state index < -0.39 is 18.1 Å². The minimum absolute atomic E-state index is 0. The van der Waals surface area contributed by atoms with Gasteiger partial charge in [-0.05, 0) is 0 Å². The molecular formula is C5H8Cl2N2O3. The Labute approximate surface area is 79.9 Å². The van der Waals surface area contributed by atoms with Gasteiger partial charge in [0.15, 0.2) is 6.10 Å².